The minimum atomic E-state index is -0.947. The van der Waals surface area contributed by atoms with Crippen molar-refractivity contribution in [1.82, 2.24) is 10.2 Å². The van der Waals surface area contributed by atoms with Gasteiger partial charge in [-0.3, -0.25) is 4.79 Å². The molecule has 1 aromatic carbocycles. The molecule has 0 unspecified atom stereocenters. The van der Waals surface area contributed by atoms with Crippen molar-refractivity contribution in [2.45, 2.75) is 26.7 Å². The van der Waals surface area contributed by atoms with Crippen molar-refractivity contribution in [3.8, 4) is 0 Å². The number of nitrogens with zero attached hydrogens (tertiary/aromatic N) is 2. The third-order valence-corrected chi connectivity index (χ3v) is 3.46. The molecule has 0 fully saturated rings. The standard InChI is InChI=1S/C16H18F2N4O/c1-3-10(4-2)16(23)20-15-8-7-14(21-22-15)19-11-5-6-12(17)13(18)9-11/h5-10H,3-4H2,1-2H3,(H,19,21)(H,20,22,23). The van der Waals surface area contributed by atoms with Crippen LogP contribution in [-0.4, -0.2) is 16.1 Å². The Morgan fingerprint density at radius 1 is 1.04 bits per heavy atom. The van der Waals surface area contributed by atoms with Gasteiger partial charge < -0.3 is 10.6 Å². The number of carbonyl (C=O) groups excluding carboxylic acids is 1. The van der Waals surface area contributed by atoms with Crippen LogP contribution in [0.3, 0.4) is 0 Å². The van der Waals surface area contributed by atoms with E-state index in [1.165, 1.54) is 6.07 Å². The van der Waals surface area contributed by atoms with Gasteiger partial charge in [-0.05, 0) is 37.1 Å². The third-order valence-electron chi connectivity index (χ3n) is 3.46. The van der Waals surface area contributed by atoms with Gasteiger partial charge in [0.2, 0.25) is 5.91 Å². The van der Waals surface area contributed by atoms with E-state index in [9.17, 15) is 13.6 Å². The van der Waals surface area contributed by atoms with E-state index in [1.54, 1.807) is 12.1 Å². The molecule has 7 heteroatoms. The summed E-state index contributed by atoms with van der Waals surface area (Å²) in [5.74, 6) is -1.31. The summed E-state index contributed by atoms with van der Waals surface area (Å²) in [4.78, 5) is 11.9. The molecule has 0 bridgehead atoms. The number of nitrogens with one attached hydrogen (secondary N) is 2. The summed E-state index contributed by atoms with van der Waals surface area (Å²) in [5.41, 5.74) is 0.354. The second-order valence-corrected chi connectivity index (χ2v) is 5.06. The summed E-state index contributed by atoms with van der Waals surface area (Å²) in [6, 6.07) is 6.63. The SMILES string of the molecule is CCC(CC)C(=O)Nc1ccc(Nc2ccc(F)c(F)c2)nn1. The maximum absolute atomic E-state index is 13.1. The van der Waals surface area contributed by atoms with Crippen LogP contribution in [0, 0.1) is 17.6 Å². The smallest absolute Gasteiger partial charge is 0.228 e. The fourth-order valence-corrected chi connectivity index (χ4v) is 2.08. The average Bonchev–Trinajstić information content (AvgIpc) is 2.54. The van der Waals surface area contributed by atoms with Crippen LogP contribution in [0.1, 0.15) is 26.7 Å². The molecule has 2 rings (SSSR count). The first kappa shape index (κ1) is 16.8. The maximum Gasteiger partial charge on any atom is 0.228 e. The highest BCUT2D eigenvalue weighted by Crippen LogP contribution is 2.18. The highest BCUT2D eigenvalue weighted by molar-refractivity contribution is 5.91. The summed E-state index contributed by atoms with van der Waals surface area (Å²) < 4.78 is 26.0. The predicted octanol–water partition coefficient (Wildman–Crippen LogP) is 3.87. The van der Waals surface area contributed by atoms with Crippen molar-refractivity contribution in [2.75, 3.05) is 10.6 Å². The molecule has 0 spiro atoms. The Bertz CT molecular complexity index is 672. The van der Waals surface area contributed by atoms with Crippen molar-refractivity contribution in [2.24, 2.45) is 5.92 Å². The first-order valence-corrected chi connectivity index (χ1v) is 7.40. The van der Waals surface area contributed by atoms with Crippen LogP contribution < -0.4 is 10.6 Å². The lowest BCUT2D eigenvalue weighted by Gasteiger charge is -2.12. The number of hydrogen-bond donors (Lipinski definition) is 2. The van der Waals surface area contributed by atoms with E-state index in [-0.39, 0.29) is 11.8 Å². The Hall–Kier alpha value is -2.57. The number of benzene rings is 1. The van der Waals surface area contributed by atoms with E-state index in [2.05, 4.69) is 20.8 Å². The van der Waals surface area contributed by atoms with Gasteiger partial charge in [0.05, 0.1) is 0 Å². The summed E-state index contributed by atoms with van der Waals surface area (Å²) in [6.07, 6.45) is 1.51. The number of hydrogen-bond acceptors (Lipinski definition) is 4. The Kier molecular flexibility index (Phi) is 5.56. The van der Waals surface area contributed by atoms with E-state index in [4.69, 9.17) is 0 Å². The lowest BCUT2D eigenvalue weighted by Crippen LogP contribution is -2.22. The molecule has 122 valence electrons. The first-order chi connectivity index (χ1) is 11.0. The van der Waals surface area contributed by atoms with Crippen molar-refractivity contribution in [3.63, 3.8) is 0 Å². The molecule has 0 aliphatic heterocycles. The highest BCUT2D eigenvalue weighted by atomic mass is 19.2. The van der Waals surface area contributed by atoms with Crippen LogP contribution in [-0.2, 0) is 4.79 Å². The normalized spacial score (nSPS) is 10.7. The zero-order chi connectivity index (χ0) is 16.8. The summed E-state index contributed by atoms with van der Waals surface area (Å²) in [5, 5.41) is 13.3. The van der Waals surface area contributed by atoms with Crippen LogP contribution >= 0.6 is 0 Å². The summed E-state index contributed by atoms with van der Waals surface area (Å²) in [7, 11) is 0. The quantitative estimate of drug-likeness (QED) is 0.848. The Morgan fingerprint density at radius 2 is 1.70 bits per heavy atom. The van der Waals surface area contributed by atoms with Gasteiger partial charge in [-0.25, -0.2) is 8.78 Å². The minimum absolute atomic E-state index is 0.0585. The van der Waals surface area contributed by atoms with Gasteiger partial charge in [0.25, 0.3) is 0 Å². The molecular formula is C16H18F2N4O. The Morgan fingerprint density at radius 3 is 2.26 bits per heavy atom. The number of amides is 1. The lowest BCUT2D eigenvalue weighted by atomic mass is 10.0. The zero-order valence-corrected chi connectivity index (χ0v) is 12.9. The van der Waals surface area contributed by atoms with E-state index < -0.39 is 11.6 Å². The molecule has 0 aliphatic carbocycles. The van der Waals surface area contributed by atoms with Crippen molar-refractivity contribution in [3.05, 3.63) is 42.0 Å². The molecule has 0 saturated heterocycles. The first-order valence-electron chi connectivity index (χ1n) is 7.40. The monoisotopic (exact) mass is 320 g/mol. The molecule has 1 amide bonds. The van der Waals surface area contributed by atoms with Crippen LogP contribution in [0.15, 0.2) is 30.3 Å². The van der Waals surface area contributed by atoms with Gasteiger partial charge in [-0.2, -0.15) is 0 Å². The van der Waals surface area contributed by atoms with E-state index in [0.29, 0.717) is 17.3 Å². The van der Waals surface area contributed by atoms with Crippen LogP contribution in [0.2, 0.25) is 0 Å². The topological polar surface area (TPSA) is 66.9 Å². The van der Waals surface area contributed by atoms with Crippen LogP contribution in [0.25, 0.3) is 0 Å². The summed E-state index contributed by atoms with van der Waals surface area (Å²) in [6.45, 7) is 3.91. The molecule has 1 aromatic heterocycles. The number of aromatic nitrogens is 2. The van der Waals surface area contributed by atoms with Crippen LogP contribution in [0.5, 0.6) is 0 Å². The molecular weight excluding hydrogens is 302 g/mol. The van der Waals surface area contributed by atoms with Crippen molar-refractivity contribution >= 4 is 23.2 Å². The molecule has 23 heavy (non-hydrogen) atoms. The van der Waals surface area contributed by atoms with Crippen LogP contribution in [0.4, 0.5) is 26.1 Å². The van der Waals surface area contributed by atoms with Gasteiger partial charge in [-0.15, -0.1) is 10.2 Å². The zero-order valence-electron chi connectivity index (χ0n) is 12.9. The van der Waals surface area contributed by atoms with Gasteiger partial charge in [-0.1, -0.05) is 13.8 Å². The molecule has 0 aliphatic rings. The maximum atomic E-state index is 13.1. The minimum Gasteiger partial charge on any atom is -0.339 e. The third kappa shape index (κ3) is 4.45. The van der Waals surface area contributed by atoms with E-state index in [1.807, 2.05) is 13.8 Å². The number of rotatable bonds is 6. The van der Waals surface area contributed by atoms with E-state index in [0.717, 1.165) is 25.0 Å². The largest absolute Gasteiger partial charge is 0.339 e. The fraction of sp³-hybridized carbons (Fsp3) is 0.312. The average molecular weight is 320 g/mol. The lowest BCUT2D eigenvalue weighted by molar-refractivity contribution is -0.120. The van der Waals surface area contributed by atoms with Gasteiger partial charge in [0.1, 0.15) is 0 Å². The molecule has 0 saturated carbocycles. The van der Waals surface area contributed by atoms with E-state index >= 15 is 0 Å². The predicted molar refractivity (Wildman–Crippen MR) is 84.4 cm³/mol. The Labute approximate surface area is 133 Å². The number of carbonyl (C=O) groups is 1. The second kappa shape index (κ2) is 7.62. The second-order valence-electron chi connectivity index (χ2n) is 5.06. The van der Waals surface area contributed by atoms with Crippen molar-refractivity contribution < 1.29 is 13.6 Å². The van der Waals surface area contributed by atoms with Gasteiger partial charge in [0.15, 0.2) is 23.3 Å². The summed E-state index contributed by atoms with van der Waals surface area (Å²) >= 11 is 0. The molecule has 1 heterocycles. The molecule has 2 N–H and O–H groups in total. The van der Waals surface area contributed by atoms with Gasteiger partial charge in [0, 0.05) is 17.7 Å². The molecule has 0 atom stereocenters. The molecule has 5 nitrogen and oxygen atoms in total. The Balaban J connectivity index is 2.01. The molecule has 2 aromatic rings. The highest BCUT2D eigenvalue weighted by Gasteiger charge is 2.14. The fourth-order valence-electron chi connectivity index (χ4n) is 2.08. The molecule has 0 radical (unpaired) electrons. The van der Waals surface area contributed by atoms with Crippen molar-refractivity contribution in [1.29, 1.82) is 0 Å². The number of anilines is 3. The van der Waals surface area contributed by atoms with Gasteiger partial charge >= 0.3 is 0 Å². The number of halogens is 2.